The van der Waals surface area contributed by atoms with Gasteiger partial charge in [0.05, 0.1) is 24.1 Å². The first-order chi connectivity index (χ1) is 16.0. The second kappa shape index (κ2) is 10.4. The number of ether oxygens (including phenoxy) is 2. The molecule has 170 valence electrons. The molecule has 0 unspecified atom stereocenters. The van der Waals surface area contributed by atoms with E-state index in [0.717, 1.165) is 22.6 Å². The third-order valence-corrected chi connectivity index (χ3v) is 5.39. The van der Waals surface area contributed by atoms with Gasteiger partial charge in [-0.05, 0) is 73.5 Å². The third-order valence-electron chi connectivity index (χ3n) is 5.14. The van der Waals surface area contributed by atoms with Crippen LogP contribution in [0.25, 0.3) is 11.0 Å². The molecule has 0 bridgehead atoms. The summed E-state index contributed by atoms with van der Waals surface area (Å²) in [5, 5.41) is 3.51. The molecule has 0 radical (unpaired) electrons. The molecule has 7 heteroatoms. The van der Waals surface area contributed by atoms with Crippen molar-refractivity contribution < 1.29 is 14.3 Å². The molecular formula is C26H26ClN3O3. The molecule has 0 aliphatic heterocycles. The molecule has 0 fully saturated rings. The minimum Gasteiger partial charge on any atom is -0.492 e. The zero-order valence-corrected chi connectivity index (χ0v) is 19.4. The van der Waals surface area contributed by atoms with E-state index in [9.17, 15) is 4.79 Å². The zero-order valence-electron chi connectivity index (χ0n) is 18.7. The van der Waals surface area contributed by atoms with Gasteiger partial charge in [-0.25, -0.2) is 4.98 Å². The van der Waals surface area contributed by atoms with Crippen molar-refractivity contribution in [1.29, 1.82) is 0 Å². The fourth-order valence-electron chi connectivity index (χ4n) is 3.69. The monoisotopic (exact) mass is 463 g/mol. The minimum atomic E-state index is -0.227. The van der Waals surface area contributed by atoms with Crippen molar-refractivity contribution in [3.05, 3.63) is 88.7 Å². The molecule has 3 aromatic carbocycles. The van der Waals surface area contributed by atoms with Crippen molar-refractivity contribution in [2.75, 3.05) is 13.2 Å². The number of para-hydroxylation sites is 2. The van der Waals surface area contributed by atoms with Gasteiger partial charge < -0.3 is 19.4 Å². The van der Waals surface area contributed by atoms with Gasteiger partial charge in [0.25, 0.3) is 5.91 Å². The zero-order chi connectivity index (χ0) is 23.2. The number of aromatic nitrogens is 2. The van der Waals surface area contributed by atoms with Gasteiger partial charge in [-0.1, -0.05) is 29.8 Å². The van der Waals surface area contributed by atoms with Crippen LogP contribution in [0.4, 0.5) is 0 Å². The molecule has 6 nitrogen and oxygen atoms in total. The van der Waals surface area contributed by atoms with Crippen molar-refractivity contribution in [1.82, 2.24) is 14.9 Å². The molecule has 0 atom stereocenters. The molecule has 0 aliphatic carbocycles. The SMILES string of the molecule is Cc1cc(C)cc(OCCn2c(CNC(=O)COc3ccc(Cl)cc3)nc3ccccc32)c1. The molecular weight excluding hydrogens is 438 g/mol. The Morgan fingerprint density at radius 3 is 2.45 bits per heavy atom. The molecule has 0 saturated carbocycles. The van der Waals surface area contributed by atoms with E-state index in [1.165, 1.54) is 11.1 Å². The Labute approximate surface area is 198 Å². The number of imidazole rings is 1. The molecule has 1 N–H and O–H groups in total. The van der Waals surface area contributed by atoms with Gasteiger partial charge in [0.2, 0.25) is 0 Å². The van der Waals surface area contributed by atoms with Gasteiger partial charge in [0.15, 0.2) is 6.61 Å². The molecule has 1 aromatic heterocycles. The normalized spacial score (nSPS) is 10.9. The molecule has 1 heterocycles. The summed E-state index contributed by atoms with van der Waals surface area (Å²) >= 11 is 5.87. The molecule has 0 aliphatic rings. The lowest BCUT2D eigenvalue weighted by Gasteiger charge is -2.12. The topological polar surface area (TPSA) is 65.4 Å². The standard InChI is InChI=1S/C26H26ClN3O3/c1-18-13-19(2)15-22(14-18)32-12-11-30-24-6-4-3-5-23(24)29-25(30)16-28-26(31)17-33-21-9-7-20(27)8-10-21/h3-10,13-15H,11-12,16-17H2,1-2H3,(H,28,31). The highest BCUT2D eigenvalue weighted by Gasteiger charge is 2.12. The number of aryl methyl sites for hydroxylation is 2. The van der Waals surface area contributed by atoms with E-state index >= 15 is 0 Å². The van der Waals surface area contributed by atoms with Gasteiger partial charge in [-0.3, -0.25) is 4.79 Å². The molecule has 33 heavy (non-hydrogen) atoms. The summed E-state index contributed by atoms with van der Waals surface area (Å²) in [5.74, 6) is 1.98. The number of carbonyl (C=O) groups is 1. The average Bonchev–Trinajstić information content (AvgIpc) is 3.14. The maximum atomic E-state index is 12.3. The summed E-state index contributed by atoms with van der Waals surface area (Å²) in [4.78, 5) is 17.0. The minimum absolute atomic E-state index is 0.0856. The number of hydrogen-bond donors (Lipinski definition) is 1. The van der Waals surface area contributed by atoms with E-state index in [2.05, 4.69) is 29.8 Å². The van der Waals surface area contributed by atoms with Crippen molar-refractivity contribution in [2.45, 2.75) is 26.9 Å². The van der Waals surface area contributed by atoms with Crippen molar-refractivity contribution >= 4 is 28.5 Å². The van der Waals surface area contributed by atoms with E-state index in [1.807, 2.05) is 36.4 Å². The Kier molecular flexibility index (Phi) is 7.15. The van der Waals surface area contributed by atoms with Gasteiger partial charge in [-0.2, -0.15) is 0 Å². The smallest absolute Gasteiger partial charge is 0.258 e. The van der Waals surface area contributed by atoms with Crippen LogP contribution in [0.15, 0.2) is 66.7 Å². The lowest BCUT2D eigenvalue weighted by atomic mass is 10.1. The highest BCUT2D eigenvalue weighted by molar-refractivity contribution is 6.30. The quantitative estimate of drug-likeness (QED) is 0.376. The average molecular weight is 464 g/mol. The Bertz CT molecular complexity index is 1230. The predicted molar refractivity (Wildman–Crippen MR) is 130 cm³/mol. The van der Waals surface area contributed by atoms with Gasteiger partial charge in [0, 0.05) is 5.02 Å². The summed E-state index contributed by atoms with van der Waals surface area (Å²) in [5.41, 5.74) is 4.22. The van der Waals surface area contributed by atoms with Crippen LogP contribution in [0.2, 0.25) is 5.02 Å². The van der Waals surface area contributed by atoms with Gasteiger partial charge in [0.1, 0.15) is 23.9 Å². The maximum Gasteiger partial charge on any atom is 0.258 e. The first kappa shape index (κ1) is 22.7. The summed E-state index contributed by atoms with van der Waals surface area (Å²) in [6, 6.07) is 21.0. The second-order valence-electron chi connectivity index (χ2n) is 7.86. The Morgan fingerprint density at radius 1 is 0.970 bits per heavy atom. The van der Waals surface area contributed by atoms with Crippen LogP contribution in [0, 0.1) is 13.8 Å². The molecule has 0 spiro atoms. The highest BCUT2D eigenvalue weighted by Crippen LogP contribution is 2.19. The number of halogens is 1. The van der Waals surface area contributed by atoms with Crippen LogP contribution in [0.3, 0.4) is 0 Å². The van der Waals surface area contributed by atoms with Crippen molar-refractivity contribution in [2.24, 2.45) is 0 Å². The third kappa shape index (κ3) is 6.05. The van der Waals surface area contributed by atoms with E-state index < -0.39 is 0 Å². The summed E-state index contributed by atoms with van der Waals surface area (Å²) < 4.78 is 13.6. The largest absolute Gasteiger partial charge is 0.492 e. The fraction of sp³-hybridized carbons (Fsp3) is 0.231. The van der Waals surface area contributed by atoms with Crippen LogP contribution in [-0.2, 0) is 17.9 Å². The number of benzene rings is 3. The lowest BCUT2D eigenvalue weighted by Crippen LogP contribution is -2.29. The molecule has 1 amide bonds. The van der Waals surface area contributed by atoms with Crippen LogP contribution >= 0.6 is 11.6 Å². The number of carbonyl (C=O) groups excluding carboxylic acids is 1. The summed E-state index contributed by atoms with van der Waals surface area (Å²) in [7, 11) is 0. The van der Waals surface area contributed by atoms with E-state index in [0.29, 0.717) is 30.5 Å². The molecule has 4 aromatic rings. The van der Waals surface area contributed by atoms with E-state index in [-0.39, 0.29) is 12.5 Å². The van der Waals surface area contributed by atoms with Crippen LogP contribution in [-0.4, -0.2) is 28.7 Å². The summed E-state index contributed by atoms with van der Waals surface area (Å²) in [6.07, 6.45) is 0. The maximum absolute atomic E-state index is 12.3. The number of fused-ring (bicyclic) bond motifs is 1. The fourth-order valence-corrected chi connectivity index (χ4v) is 3.82. The second-order valence-corrected chi connectivity index (χ2v) is 8.30. The number of nitrogens with one attached hydrogen (secondary N) is 1. The predicted octanol–water partition coefficient (Wildman–Crippen LogP) is 5.08. The first-order valence-electron chi connectivity index (χ1n) is 10.8. The van der Waals surface area contributed by atoms with Gasteiger partial charge in [-0.15, -0.1) is 0 Å². The first-order valence-corrected chi connectivity index (χ1v) is 11.2. The van der Waals surface area contributed by atoms with E-state index in [1.54, 1.807) is 24.3 Å². The molecule has 4 rings (SSSR count). The van der Waals surface area contributed by atoms with Gasteiger partial charge >= 0.3 is 0 Å². The van der Waals surface area contributed by atoms with Crippen LogP contribution in [0.5, 0.6) is 11.5 Å². The van der Waals surface area contributed by atoms with E-state index in [4.69, 9.17) is 26.1 Å². The lowest BCUT2D eigenvalue weighted by molar-refractivity contribution is -0.123. The highest BCUT2D eigenvalue weighted by atomic mass is 35.5. The van der Waals surface area contributed by atoms with Crippen molar-refractivity contribution in [3.8, 4) is 11.5 Å². The molecule has 0 saturated heterocycles. The Balaban J connectivity index is 1.39. The van der Waals surface area contributed by atoms with Crippen LogP contribution < -0.4 is 14.8 Å². The summed E-state index contributed by atoms with van der Waals surface area (Å²) in [6.45, 7) is 5.42. The number of hydrogen-bond acceptors (Lipinski definition) is 4. The number of rotatable bonds is 9. The van der Waals surface area contributed by atoms with Crippen LogP contribution in [0.1, 0.15) is 17.0 Å². The Hall–Kier alpha value is -3.51. The van der Waals surface area contributed by atoms with Crippen molar-refractivity contribution in [3.63, 3.8) is 0 Å². The Morgan fingerprint density at radius 2 is 1.70 bits per heavy atom. The number of nitrogens with zero attached hydrogens (tertiary/aromatic N) is 2. The number of amides is 1.